The van der Waals surface area contributed by atoms with Gasteiger partial charge in [-0.3, -0.25) is 10.1 Å². The van der Waals surface area contributed by atoms with Crippen molar-refractivity contribution in [1.29, 1.82) is 0 Å². The molecule has 0 aliphatic carbocycles. The minimum atomic E-state index is -0.500. The molecule has 7 nitrogen and oxygen atoms in total. The number of rotatable bonds is 4. The summed E-state index contributed by atoms with van der Waals surface area (Å²) in [5.74, 6) is 0.469. The summed E-state index contributed by atoms with van der Waals surface area (Å²) in [6.07, 6.45) is 1.66. The van der Waals surface area contributed by atoms with E-state index in [0.29, 0.717) is 38.5 Å². The lowest BCUT2D eigenvalue weighted by molar-refractivity contribution is 0.0951. The van der Waals surface area contributed by atoms with E-state index in [0.717, 1.165) is 16.8 Å². The molecule has 0 unspecified atom stereocenters. The number of carbonyl (C=O) groups is 1. The molecule has 35 heavy (non-hydrogen) atoms. The highest BCUT2D eigenvalue weighted by Crippen LogP contribution is 2.34. The van der Waals surface area contributed by atoms with Crippen molar-refractivity contribution in [3.63, 3.8) is 0 Å². The van der Waals surface area contributed by atoms with Crippen LogP contribution in [0.4, 0.5) is 5.69 Å². The summed E-state index contributed by atoms with van der Waals surface area (Å²) in [7, 11) is 0. The Morgan fingerprint density at radius 2 is 1.89 bits per heavy atom. The van der Waals surface area contributed by atoms with Gasteiger partial charge in [-0.1, -0.05) is 29.3 Å². The Kier molecular flexibility index (Phi) is 6.25. The second-order valence-electron chi connectivity index (χ2n) is 7.55. The third kappa shape index (κ3) is 4.77. The van der Waals surface area contributed by atoms with Gasteiger partial charge < -0.3 is 14.2 Å². The maximum Gasteiger partial charge on any atom is 0.293 e. The number of carbonyl (C=O) groups excluding carboxylic acids is 1. The van der Waals surface area contributed by atoms with E-state index in [1.54, 1.807) is 42.6 Å². The molecule has 3 heterocycles. The number of thiocarbonyl (C=S) groups is 1. The molecule has 2 aromatic carbocycles. The molecular weight excluding hydrogens is 507 g/mol. The number of benzene rings is 2. The number of aromatic nitrogens is 2. The summed E-state index contributed by atoms with van der Waals surface area (Å²) >= 11 is 17.6. The number of pyridine rings is 1. The molecule has 1 amide bonds. The minimum absolute atomic E-state index is 0.0804. The Morgan fingerprint density at radius 3 is 2.69 bits per heavy atom. The number of hydrogen-bond donors (Lipinski definition) is 2. The monoisotopic (exact) mass is 522 g/mol. The molecule has 3 aromatic heterocycles. The third-order valence-corrected chi connectivity index (χ3v) is 6.18. The molecule has 174 valence electrons. The number of nitrogens with zero attached hydrogens (tertiary/aromatic N) is 2. The van der Waals surface area contributed by atoms with Crippen LogP contribution in [0.15, 0.2) is 75.7 Å². The van der Waals surface area contributed by atoms with Crippen LogP contribution in [0.2, 0.25) is 10.0 Å². The van der Waals surface area contributed by atoms with E-state index in [1.165, 1.54) is 0 Å². The fraction of sp³-hybridized carbons (Fsp3) is 0.0400. The van der Waals surface area contributed by atoms with Crippen molar-refractivity contribution >= 4 is 63.4 Å². The SMILES string of the molecule is Cc1cc(-c2nc3ncccc3o2)ccc1NC(=S)NC(=O)c1ccc(-c2cccc(Cl)c2Cl)o1. The summed E-state index contributed by atoms with van der Waals surface area (Å²) in [5.41, 5.74) is 4.15. The zero-order valence-corrected chi connectivity index (χ0v) is 20.5. The fourth-order valence-corrected chi connectivity index (χ4v) is 4.04. The smallest absolute Gasteiger partial charge is 0.293 e. The number of anilines is 1. The average Bonchev–Trinajstić information content (AvgIpc) is 3.50. The number of fused-ring (bicyclic) bond motifs is 1. The van der Waals surface area contributed by atoms with Gasteiger partial charge in [-0.2, -0.15) is 4.98 Å². The quantitative estimate of drug-likeness (QED) is 0.248. The molecule has 5 aromatic rings. The Morgan fingerprint density at radius 1 is 1.03 bits per heavy atom. The summed E-state index contributed by atoms with van der Waals surface area (Å²) in [5, 5.41) is 6.51. The number of oxazole rings is 1. The van der Waals surface area contributed by atoms with Crippen molar-refractivity contribution in [3.8, 4) is 22.8 Å². The largest absolute Gasteiger partial charge is 0.451 e. The van der Waals surface area contributed by atoms with Crippen molar-refractivity contribution in [2.75, 3.05) is 5.32 Å². The van der Waals surface area contributed by atoms with Crippen LogP contribution in [0.25, 0.3) is 34.0 Å². The molecule has 0 spiro atoms. The summed E-state index contributed by atoms with van der Waals surface area (Å²) in [6.45, 7) is 1.91. The number of hydrogen-bond acceptors (Lipinski definition) is 6. The van der Waals surface area contributed by atoms with Crippen LogP contribution in [0.5, 0.6) is 0 Å². The molecule has 0 saturated heterocycles. The standard InChI is InChI=1S/C25H16Cl2N4O3S/c1-13-12-14(24-30-22-19(34-24)6-3-11-28-22)7-8-17(13)29-25(35)31-23(32)20-10-9-18(33-20)15-4-2-5-16(26)21(15)27/h2-12H,1H3,(H2,29,31,32,35). The van der Waals surface area contributed by atoms with E-state index in [2.05, 4.69) is 20.6 Å². The maximum atomic E-state index is 12.6. The van der Waals surface area contributed by atoms with Gasteiger partial charge in [-0.25, -0.2) is 4.98 Å². The van der Waals surface area contributed by atoms with Crippen LogP contribution in [0.3, 0.4) is 0 Å². The second-order valence-corrected chi connectivity index (χ2v) is 8.74. The summed E-state index contributed by atoms with van der Waals surface area (Å²) < 4.78 is 11.4. The maximum absolute atomic E-state index is 12.6. The molecule has 0 aliphatic heterocycles. The highest BCUT2D eigenvalue weighted by molar-refractivity contribution is 7.80. The van der Waals surface area contributed by atoms with Gasteiger partial charge in [0.1, 0.15) is 5.76 Å². The molecule has 2 N–H and O–H groups in total. The van der Waals surface area contributed by atoms with Crippen LogP contribution < -0.4 is 10.6 Å². The molecular formula is C25H16Cl2N4O3S. The minimum Gasteiger partial charge on any atom is -0.451 e. The fourth-order valence-electron chi connectivity index (χ4n) is 3.45. The predicted octanol–water partition coefficient (Wildman–Crippen LogP) is 6.89. The van der Waals surface area contributed by atoms with Crippen molar-refractivity contribution < 1.29 is 13.6 Å². The normalized spacial score (nSPS) is 10.9. The zero-order valence-electron chi connectivity index (χ0n) is 18.1. The predicted molar refractivity (Wildman–Crippen MR) is 140 cm³/mol. The molecule has 5 rings (SSSR count). The second kappa shape index (κ2) is 9.50. The van der Waals surface area contributed by atoms with Gasteiger partial charge in [0.2, 0.25) is 5.89 Å². The van der Waals surface area contributed by atoms with E-state index >= 15 is 0 Å². The van der Waals surface area contributed by atoms with Gasteiger partial charge in [0.05, 0.1) is 10.0 Å². The number of nitrogens with one attached hydrogen (secondary N) is 2. The topological polar surface area (TPSA) is 93.2 Å². The van der Waals surface area contributed by atoms with Gasteiger partial charge >= 0.3 is 0 Å². The van der Waals surface area contributed by atoms with E-state index in [4.69, 9.17) is 44.3 Å². The molecule has 0 fully saturated rings. The summed E-state index contributed by atoms with van der Waals surface area (Å²) in [6, 6.07) is 17.6. The first-order valence-corrected chi connectivity index (χ1v) is 11.5. The highest BCUT2D eigenvalue weighted by atomic mass is 35.5. The molecule has 10 heteroatoms. The Hall–Kier alpha value is -3.72. The van der Waals surface area contributed by atoms with Crippen LogP contribution >= 0.6 is 35.4 Å². The first kappa shape index (κ1) is 23.0. The Labute approximate surface area is 215 Å². The average molecular weight is 523 g/mol. The number of aryl methyl sites for hydroxylation is 1. The van der Waals surface area contributed by atoms with Crippen LogP contribution in [-0.4, -0.2) is 21.0 Å². The lowest BCUT2D eigenvalue weighted by Crippen LogP contribution is -2.34. The van der Waals surface area contributed by atoms with Crippen molar-refractivity contribution in [2.45, 2.75) is 6.92 Å². The number of furan rings is 1. The van der Waals surface area contributed by atoms with Gasteiger partial charge in [-0.15, -0.1) is 0 Å². The van der Waals surface area contributed by atoms with E-state index < -0.39 is 5.91 Å². The molecule has 0 saturated carbocycles. The van der Waals surface area contributed by atoms with Crippen LogP contribution in [-0.2, 0) is 0 Å². The lowest BCUT2D eigenvalue weighted by atomic mass is 10.1. The number of amides is 1. The third-order valence-electron chi connectivity index (χ3n) is 5.16. The van der Waals surface area contributed by atoms with Gasteiger partial charge in [0.15, 0.2) is 22.1 Å². The number of halogens is 2. The molecule has 0 bridgehead atoms. The van der Waals surface area contributed by atoms with Gasteiger partial charge in [0.25, 0.3) is 5.91 Å². The molecule has 0 aliphatic rings. The lowest BCUT2D eigenvalue weighted by Gasteiger charge is -2.11. The van der Waals surface area contributed by atoms with Crippen molar-refractivity contribution in [1.82, 2.24) is 15.3 Å². The van der Waals surface area contributed by atoms with Gasteiger partial charge in [-0.05, 0) is 79.3 Å². The first-order valence-electron chi connectivity index (χ1n) is 10.4. The molecule has 0 radical (unpaired) electrons. The van der Waals surface area contributed by atoms with E-state index in [-0.39, 0.29) is 10.9 Å². The Bertz CT molecular complexity index is 1560. The molecule has 0 atom stereocenters. The first-order chi connectivity index (χ1) is 16.9. The Balaban J connectivity index is 1.27. The van der Waals surface area contributed by atoms with E-state index in [1.807, 2.05) is 31.2 Å². The van der Waals surface area contributed by atoms with E-state index in [9.17, 15) is 4.79 Å². The highest BCUT2D eigenvalue weighted by Gasteiger charge is 2.17. The van der Waals surface area contributed by atoms with Crippen molar-refractivity contribution in [3.05, 3.63) is 88.2 Å². The van der Waals surface area contributed by atoms with Crippen LogP contribution in [0, 0.1) is 6.92 Å². The van der Waals surface area contributed by atoms with Gasteiger partial charge in [0, 0.05) is 23.0 Å². The van der Waals surface area contributed by atoms with Crippen molar-refractivity contribution in [2.24, 2.45) is 0 Å². The summed E-state index contributed by atoms with van der Waals surface area (Å²) in [4.78, 5) is 21.2. The van der Waals surface area contributed by atoms with Crippen LogP contribution in [0.1, 0.15) is 16.1 Å². The zero-order chi connectivity index (χ0) is 24.5.